The van der Waals surface area contributed by atoms with E-state index >= 15 is 0 Å². The minimum absolute atomic E-state index is 0.00143. The van der Waals surface area contributed by atoms with Crippen molar-refractivity contribution >= 4 is 17.6 Å². The molecule has 0 unspecified atom stereocenters. The molecule has 3 N–H and O–H groups in total. The molecule has 0 saturated heterocycles. The van der Waals surface area contributed by atoms with Crippen molar-refractivity contribution in [1.29, 1.82) is 0 Å². The van der Waals surface area contributed by atoms with Crippen LogP contribution in [0.2, 0.25) is 0 Å². The highest BCUT2D eigenvalue weighted by atomic mass is 16.2. The third kappa shape index (κ3) is 4.26. The maximum absolute atomic E-state index is 11.3. The standard InChI is InChI=1S/C12H13N3O2/c1-3-9-5-4-6-10(7-9)14-8-11(16)15-12(17)13-2/h1,4-7,14H,8H2,2H3,(H2,13,15,16,17). The van der Waals surface area contributed by atoms with Crippen molar-refractivity contribution < 1.29 is 9.59 Å². The lowest BCUT2D eigenvalue weighted by molar-refractivity contribution is -0.118. The Balaban J connectivity index is 2.47. The molecule has 1 aromatic carbocycles. The van der Waals surface area contributed by atoms with Gasteiger partial charge < -0.3 is 10.6 Å². The van der Waals surface area contributed by atoms with Crippen LogP contribution in [0.25, 0.3) is 0 Å². The SMILES string of the molecule is C#Cc1cccc(NCC(=O)NC(=O)NC)c1. The number of rotatable bonds is 3. The topological polar surface area (TPSA) is 70.2 Å². The van der Waals surface area contributed by atoms with Crippen molar-refractivity contribution in [2.45, 2.75) is 0 Å². The van der Waals surface area contributed by atoms with Gasteiger partial charge in [-0.1, -0.05) is 12.0 Å². The maximum atomic E-state index is 11.3. The fraction of sp³-hybridized carbons (Fsp3) is 0.167. The molecular weight excluding hydrogens is 218 g/mol. The Morgan fingerprint density at radius 1 is 1.41 bits per heavy atom. The fourth-order valence-electron chi connectivity index (χ4n) is 1.13. The van der Waals surface area contributed by atoms with Crippen LogP contribution in [0.5, 0.6) is 0 Å². The Morgan fingerprint density at radius 2 is 2.18 bits per heavy atom. The van der Waals surface area contributed by atoms with Gasteiger partial charge in [-0.15, -0.1) is 6.42 Å². The van der Waals surface area contributed by atoms with E-state index in [0.717, 1.165) is 11.3 Å². The van der Waals surface area contributed by atoms with Crippen molar-refractivity contribution in [3.8, 4) is 12.3 Å². The average molecular weight is 231 g/mol. The van der Waals surface area contributed by atoms with Gasteiger partial charge in [-0.2, -0.15) is 0 Å². The van der Waals surface area contributed by atoms with Crippen LogP contribution in [-0.2, 0) is 4.79 Å². The van der Waals surface area contributed by atoms with Crippen LogP contribution in [0, 0.1) is 12.3 Å². The largest absolute Gasteiger partial charge is 0.376 e. The molecule has 0 radical (unpaired) electrons. The van der Waals surface area contributed by atoms with Gasteiger partial charge in [0.15, 0.2) is 0 Å². The monoisotopic (exact) mass is 231 g/mol. The number of carbonyl (C=O) groups excluding carboxylic acids is 2. The van der Waals surface area contributed by atoms with Crippen molar-refractivity contribution in [1.82, 2.24) is 10.6 Å². The number of imide groups is 1. The highest BCUT2D eigenvalue weighted by Gasteiger charge is 2.04. The average Bonchev–Trinajstić information content (AvgIpc) is 2.36. The Bertz CT molecular complexity index is 463. The van der Waals surface area contributed by atoms with E-state index in [2.05, 4.69) is 21.9 Å². The van der Waals surface area contributed by atoms with E-state index in [1.807, 2.05) is 0 Å². The summed E-state index contributed by atoms with van der Waals surface area (Å²) in [5.74, 6) is 2.07. The molecule has 0 aliphatic carbocycles. The number of nitrogens with one attached hydrogen (secondary N) is 3. The van der Waals surface area contributed by atoms with Gasteiger partial charge in [-0.25, -0.2) is 4.79 Å². The quantitative estimate of drug-likeness (QED) is 0.665. The van der Waals surface area contributed by atoms with Gasteiger partial charge in [0, 0.05) is 18.3 Å². The summed E-state index contributed by atoms with van der Waals surface area (Å²) >= 11 is 0. The normalized spacial score (nSPS) is 8.94. The number of hydrogen-bond donors (Lipinski definition) is 3. The second-order valence-corrected chi connectivity index (χ2v) is 3.21. The van der Waals surface area contributed by atoms with Crippen LogP contribution < -0.4 is 16.0 Å². The fourth-order valence-corrected chi connectivity index (χ4v) is 1.13. The van der Waals surface area contributed by atoms with Gasteiger partial charge in [0.05, 0.1) is 6.54 Å². The molecule has 88 valence electrons. The first kappa shape index (κ1) is 12.6. The van der Waals surface area contributed by atoms with Gasteiger partial charge in [-0.3, -0.25) is 10.1 Å². The lowest BCUT2D eigenvalue weighted by atomic mass is 10.2. The predicted molar refractivity (Wildman–Crippen MR) is 65.5 cm³/mol. The van der Waals surface area contributed by atoms with Crippen LogP contribution in [0.3, 0.4) is 0 Å². The molecule has 0 atom stereocenters. The zero-order valence-electron chi connectivity index (χ0n) is 9.41. The number of terminal acetylenes is 1. The van der Waals surface area contributed by atoms with Crippen LogP contribution in [0.4, 0.5) is 10.5 Å². The summed E-state index contributed by atoms with van der Waals surface area (Å²) in [6.45, 7) is 0.00143. The third-order valence-electron chi connectivity index (χ3n) is 1.96. The number of benzene rings is 1. The summed E-state index contributed by atoms with van der Waals surface area (Å²) in [7, 11) is 1.44. The van der Waals surface area contributed by atoms with E-state index in [-0.39, 0.29) is 6.54 Å². The first-order valence-corrected chi connectivity index (χ1v) is 4.98. The zero-order valence-corrected chi connectivity index (χ0v) is 9.41. The molecule has 17 heavy (non-hydrogen) atoms. The van der Waals surface area contributed by atoms with Gasteiger partial charge in [0.2, 0.25) is 5.91 Å². The van der Waals surface area contributed by atoms with Crippen molar-refractivity contribution in [3.05, 3.63) is 29.8 Å². The van der Waals surface area contributed by atoms with Crippen molar-refractivity contribution in [2.75, 3.05) is 18.9 Å². The van der Waals surface area contributed by atoms with E-state index in [4.69, 9.17) is 6.42 Å². The van der Waals surface area contributed by atoms with Crippen LogP contribution in [0.15, 0.2) is 24.3 Å². The third-order valence-corrected chi connectivity index (χ3v) is 1.96. The Labute approximate surface area is 99.6 Å². The Hall–Kier alpha value is -2.48. The lowest BCUT2D eigenvalue weighted by Gasteiger charge is -2.06. The summed E-state index contributed by atoms with van der Waals surface area (Å²) in [6, 6.07) is 6.57. The summed E-state index contributed by atoms with van der Waals surface area (Å²) < 4.78 is 0. The van der Waals surface area contributed by atoms with E-state index in [1.165, 1.54) is 7.05 Å². The van der Waals surface area contributed by atoms with E-state index in [9.17, 15) is 9.59 Å². The van der Waals surface area contributed by atoms with Gasteiger partial charge in [-0.05, 0) is 18.2 Å². The minimum atomic E-state index is -0.533. The van der Waals surface area contributed by atoms with E-state index in [0.29, 0.717) is 0 Å². The molecule has 5 nitrogen and oxygen atoms in total. The molecule has 3 amide bonds. The molecule has 0 heterocycles. The zero-order chi connectivity index (χ0) is 12.7. The van der Waals surface area contributed by atoms with E-state index in [1.54, 1.807) is 24.3 Å². The first-order valence-electron chi connectivity index (χ1n) is 4.98. The molecular formula is C12H13N3O2. The molecule has 0 aliphatic heterocycles. The summed E-state index contributed by atoms with van der Waals surface area (Å²) in [5.41, 5.74) is 1.45. The number of carbonyl (C=O) groups is 2. The molecule has 0 saturated carbocycles. The first-order chi connectivity index (χ1) is 8.15. The summed E-state index contributed by atoms with van der Waals surface area (Å²) in [5, 5.41) is 7.28. The number of amides is 3. The number of hydrogen-bond acceptors (Lipinski definition) is 3. The molecule has 0 spiro atoms. The summed E-state index contributed by atoms with van der Waals surface area (Å²) in [6.07, 6.45) is 5.25. The Kier molecular flexibility index (Phi) is 4.58. The predicted octanol–water partition coefficient (Wildman–Crippen LogP) is 0.535. The van der Waals surface area contributed by atoms with Crippen LogP contribution in [-0.4, -0.2) is 25.5 Å². The van der Waals surface area contributed by atoms with Gasteiger partial charge >= 0.3 is 6.03 Å². The molecule has 0 bridgehead atoms. The highest BCUT2D eigenvalue weighted by Crippen LogP contribution is 2.08. The minimum Gasteiger partial charge on any atom is -0.376 e. The second kappa shape index (κ2) is 6.18. The summed E-state index contributed by atoms with van der Waals surface area (Å²) in [4.78, 5) is 22.1. The van der Waals surface area contributed by atoms with Gasteiger partial charge in [0.25, 0.3) is 0 Å². The Morgan fingerprint density at radius 3 is 2.82 bits per heavy atom. The number of anilines is 1. The van der Waals surface area contributed by atoms with Crippen molar-refractivity contribution in [3.63, 3.8) is 0 Å². The molecule has 5 heteroatoms. The molecule has 0 fully saturated rings. The molecule has 0 aliphatic rings. The highest BCUT2D eigenvalue weighted by molar-refractivity contribution is 5.96. The second-order valence-electron chi connectivity index (χ2n) is 3.21. The van der Waals surface area contributed by atoms with Crippen LogP contribution in [0.1, 0.15) is 5.56 Å². The van der Waals surface area contributed by atoms with Crippen LogP contribution >= 0.6 is 0 Å². The molecule has 1 aromatic rings. The molecule has 0 aromatic heterocycles. The van der Waals surface area contributed by atoms with Gasteiger partial charge in [0.1, 0.15) is 0 Å². The number of urea groups is 1. The molecule has 1 rings (SSSR count). The lowest BCUT2D eigenvalue weighted by Crippen LogP contribution is -2.40. The maximum Gasteiger partial charge on any atom is 0.321 e. The van der Waals surface area contributed by atoms with E-state index < -0.39 is 11.9 Å². The smallest absolute Gasteiger partial charge is 0.321 e. The van der Waals surface area contributed by atoms with Crippen molar-refractivity contribution in [2.24, 2.45) is 0 Å².